The smallest absolute Gasteiger partial charge is 0.157 e. The van der Waals surface area contributed by atoms with Gasteiger partial charge in [0.05, 0.1) is 21.1 Å². The highest BCUT2D eigenvalue weighted by Gasteiger charge is 2.08. The third kappa shape index (κ3) is 6.55. The van der Waals surface area contributed by atoms with E-state index >= 15 is 0 Å². The van der Waals surface area contributed by atoms with Gasteiger partial charge in [0.25, 0.3) is 0 Å². The van der Waals surface area contributed by atoms with E-state index in [0.717, 1.165) is 5.82 Å². The number of nitrogens with zero attached hydrogens (tertiary/aromatic N) is 1. The molecule has 0 bridgehead atoms. The van der Waals surface area contributed by atoms with Crippen LogP contribution in [0.4, 0.5) is 0 Å². The second-order valence-corrected chi connectivity index (χ2v) is 5.27. The summed E-state index contributed by atoms with van der Waals surface area (Å²) in [5, 5.41) is 0. The average molecular weight is 193 g/mol. The first-order chi connectivity index (χ1) is 5.27. The van der Waals surface area contributed by atoms with Crippen molar-refractivity contribution >= 4 is 7.60 Å². The molecular formula is C7H16NO3P. The van der Waals surface area contributed by atoms with Gasteiger partial charge in [-0.2, -0.15) is 0 Å². The normalized spacial score (nSPS) is 17.0. The summed E-state index contributed by atoms with van der Waals surface area (Å²) in [4.78, 5) is 10.8. The highest BCUT2D eigenvalue weighted by molar-refractivity contribution is 7.54. The fraction of sp³-hybridized carbons (Fsp3) is 0.714. The van der Waals surface area contributed by atoms with Gasteiger partial charge in [-0.1, -0.05) is 6.58 Å². The van der Waals surface area contributed by atoms with Crippen molar-refractivity contribution in [2.75, 3.05) is 34.3 Å². The Morgan fingerprint density at radius 1 is 1.58 bits per heavy atom. The molecule has 0 aliphatic rings. The fourth-order valence-electron chi connectivity index (χ4n) is 0.495. The fourth-order valence-corrected chi connectivity index (χ4v) is 0.936. The molecule has 0 aromatic rings. The third-order valence-corrected chi connectivity index (χ3v) is 2.25. The molecule has 12 heavy (non-hydrogen) atoms. The van der Waals surface area contributed by atoms with Gasteiger partial charge in [0.15, 0.2) is 7.60 Å². The third-order valence-electron chi connectivity index (χ3n) is 1.26. The summed E-state index contributed by atoms with van der Waals surface area (Å²) in [5.74, 6) is 0.836. The van der Waals surface area contributed by atoms with Crippen LogP contribution in [-0.4, -0.2) is 38.8 Å². The lowest BCUT2D eigenvalue weighted by molar-refractivity contribution is -0.870. The van der Waals surface area contributed by atoms with Crippen LogP contribution in [0.2, 0.25) is 0 Å². The van der Waals surface area contributed by atoms with E-state index in [0.29, 0.717) is 11.0 Å². The van der Waals surface area contributed by atoms with E-state index in [1.54, 1.807) is 0 Å². The van der Waals surface area contributed by atoms with E-state index in [1.165, 1.54) is 0 Å². The topological polar surface area (TPSA) is 49.4 Å². The molecule has 0 heterocycles. The number of quaternary nitrogens is 1. The number of hydrogen-bond acceptors (Lipinski definition) is 3. The lowest BCUT2D eigenvalue weighted by Crippen LogP contribution is -2.37. The monoisotopic (exact) mass is 193 g/mol. The average Bonchev–Trinajstić information content (AvgIpc) is 1.84. The summed E-state index contributed by atoms with van der Waals surface area (Å²) in [7, 11) is 2.14. The van der Waals surface area contributed by atoms with Crippen LogP contribution in [0.3, 0.4) is 0 Å². The van der Waals surface area contributed by atoms with Crippen molar-refractivity contribution in [1.29, 1.82) is 0 Å². The Morgan fingerprint density at radius 3 is 2.42 bits per heavy atom. The van der Waals surface area contributed by atoms with E-state index < -0.39 is 7.60 Å². The second-order valence-electron chi connectivity index (χ2n) is 3.57. The summed E-state index contributed by atoms with van der Waals surface area (Å²) < 4.78 is 16.1. The van der Waals surface area contributed by atoms with Crippen molar-refractivity contribution in [3.8, 4) is 0 Å². The minimum absolute atomic E-state index is 0.205. The molecule has 0 fully saturated rings. The van der Waals surface area contributed by atoms with Gasteiger partial charge in [-0.3, -0.25) is 0 Å². The van der Waals surface area contributed by atoms with Gasteiger partial charge in [-0.05, 0) is 5.82 Å². The number of likely N-dealkylation sites (N-methyl/N-ethyl adjacent to an activating group) is 1. The van der Waals surface area contributed by atoms with Crippen molar-refractivity contribution in [1.82, 2.24) is 0 Å². The quantitative estimate of drug-likeness (QED) is 0.469. The zero-order chi connectivity index (χ0) is 9.83. The number of hydrogen-bond donors (Lipinski definition) is 0. The molecule has 1 atom stereocenters. The van der Waals surface area contributed by atoms with Gasteiger partial charge in [-0.15, -0.1) is 0 Å². The van der Waals surface area contributed by atoms with Crippen LogP contribution in [0.5, 0.6) is 0 Å². The largest absolute Gasteiger partial charge is 0.775 e. The van der Waals surface area contributed by atoms with Crippen LogP contribution in [0, 0.1) is 0 Å². The van der Waals surface area contributed by atoms with Crippen LogP contribution < -0.4 is 4.89 Å². The van der Waals surface area contributed by atoms with Crippen molar-refractivity contribution < 1.29 is 18.5 Å². The SMILES string of the molecule is C=CP(=O)([O-])OCC[N+](C)(C)C. The molecule has 4 nitrogen and oxygen atoms in total. The first kappa shape index (κ1) is 11.8. The molecule has 0 radical (unpaired) electrons. The molecule has 5 heteroatoms. The van der Waals surface area contributed by atoms with Crippen molar-refractivity contribution in [2.45, 2.75) is 0 Å². The summed E-state index contributed by atoms with van der Waals surface area (Å²) in [6.07, 6.45) is 0. The molecule has 72 valence electrons. The predicted octanol–water partition coefficient (Wildman–Crippen LogP) is 0.406. The summed E-state index contributed by atoms with van der Waals surface area (Å²) in [6, 6.07) is 0. The molecule has 0 aromatic heterocycles. The minimum Gasteiger partial charge on any atom is -0.775 e. The zero-order valence-electron chi connectivity index (χ0n) is 7.82. The van der Waals surface area contributed by atoms with Crippen molar-refractivity contribution in [2.24, 2.45) is 0 Å². The standard InChI is InChI=1S/C7H16NO3P/c1-5-12(9,10)11-7-6-8(2,3)4/h5H,1,6-7H2,2-4H3. The van der Waals surface area contributed by atoms with E-state index in [-0.39, 0.29) is 6.61 Å². The molecular weight excluding hydrogens is 177 g/mol. The summed E-state index contributed by atoms with van der Waals surface area (Å²) in [5.41, 5.74) is 0. The highest BCUT2D eigenvalue weighted by atomic mass is 31.2. The molecule has 0 saturated carbocycles. The van der Waals surface area contributed by atoms with Crippen LogP contribution >= 0.6 is 7.60 Å². The lowest BCUT2D eigenvalue weighted by atomic mass is 10.5. The van der Waals surface area contributed by atoms with E-state index in [9.17, 15) is 9.46 Å². The molecule has 0 spiro atoms. The maximum Gasteiger partial charge on any atom is 0.157 e. The number of rotatable bonds is 5. The summed E-state index contributed by atoms with van der Waals surface area (Å²) >= 11 is 0. The molecule has 0 saturated heterocycles. The van der Waals surface area contributed by atoms with E-state index in [4.69, 9.17) is 0 Å². The zero-order valence-corrected chi connectivity index (χ0v) is 8.71. The molecule has 0 aromatic carbocycles. The second kappa shape index (κ2) is 4.19. The Balaban J connectivity index is 3.72. The molecule has 1 unspecified atom stereocenters. The van der Waals surface area contributed by atoms with Crippen molar-refractivity contribution in [3.63, 3.8) is 0 Å². The first-order valence-electron chi connectivity index (χ1n) is 3.66. The van der Waals surface area contributed by atoms with Crippen LogP contribution in [0.1, 0.15) is 0 Å². The van der Waals surface area contributed by atoms with Crippen molar-refractivity contribution in [3.05, 3.63) is 12.4 Å². The predicted molar refractivity (Wildman–Crippen MR) is 46.7 cm³/mol. The summed E-state index contributed by atoms with van der Waals surface area (Å²) in [6.45, 7) is 4.00. The highest BCUT2D eigenvalue weighted by Crippen LogP contribution is 2.37. The molecule has 0 amide bonds. The Kier molecular flexibility index (Phi) is 4.14. The maximum absolute atomic E-state index is 10.8. The molecule has 0 N–H and O–H groups in total. The molecule has 0 aliphatic heterocycles. The minimum atomic E-state index is -3.76. The Bertz CT molecular complexity index is 197. The van der Waals surface area contributed by atoms with Gasteiger partial charge < -0.3 is 18.5 Å². The lowest BCUT2D eigenvalue weighted by Gasteiger charge is -2.26. The van der Waals surface area contributed by atoms with E-state index in [1.807, 2.05) is 21.1 Å². The van der Waals surface area contributed by atoms with E-state index in [2.05, 4.69) is 11.1 Å². The van der Waals surface area contributed by atoms with Gasteiger partial charge in [0.2, 0.25) is 0 Å². The van der Waals surface area contributed by atoms with Gasteiger partial charge in [-0.25, -0.2) is 0 Å². The Morgan fingerprint density at radius 2 is 2.08 bits per heavy atom. The van der Waals surface area contributed by atoms with Crippen LogP contribution in [0.25, 0.3) is 0 Å². The maximum atomic E-state index is 10.8. The van der Waals surface area contributed by atoms with Gasteiger partial charge in [0.1, 0.15) is 13.2 Å². The van der Waals surface area contributed by atoms with Crippen LogP contribution in [0.15, 0.2) is 12.4 Å². The first-order valence-corrected chi connectivity index (χ1v) is 5.27. The Labute approximate surface area is 73.6 Å². The van der Waals surface area contributed by atoms with Gasteiger partial charge in [0, 0.05) is 0 Å². The molecule has 0 rings (SSSR count). The van der Waals surface area contributed by atoms with Crippen LogP contribution in [-0.2, 0) is 9.09 Å². The van der Waals surface area contributed by atoms with Gasteiger partial charge >= 0.3 is 0 Å². The Hall–Kier alpha value is -0.150. The molecule has 0 aliphatic carbocycles.